The van der Waals surface area contributed by atoms with E-state index in [4.69, 9.17) is 4.99 Å². The summed E-state index contributed by atoms with van der Waals surface area (Å²) in [6.07, 6.45) is 26.5. The minimum atomic E-state index is -0.897. The average molecular weight is 591 g/mol. The Bertz CT molecular complexity index is 1160. The molecular formula is C38H58N2O3. The molecule has 1 unspecified atom stereocenters. The molecule has 2 aliphatic rings. The van der Waals surface area contributed by atoms with Crippen LogP contribution in [0.1, 0.15) is 114 Å². The van der Waals surface area contributed by atoms with Crippen molar-refractivity contribution < 1.29 is 14.7 Å². The number of amides is 1. The zero-order valence-corrected chi connectivity index (χ0v) is 28.5. The van der Waals surface area contributed by atoms with E-state index in [-0.39, 0.29) is 16.9 Å². The summed E-state index contributed by atoms with van der Waals surface area (Å²) in [7, 11) is 0. The highest BCUT2D eigenvalue weighted by Crippen LogP contribution is 2.45. The van der Waals surface area contributed by atoms with Crippen LogP contribution in [0.25, 0.3) is 0 Å². The SMILES string of the molecule is CC/C(=C\C=C(/C)C(CCC(C)(C)C)N(C=O)C1(CN=C(C)/C=C/C2=CC=CCC=C2)CCC(C(C)(C)C)CC1)C(=O)O. The molecule has 2 aliphatic carbocycles. The van der Waals surface area contributed by atoms with Gasteiger partial charge in [-0.15, -0.1) is 0 Å². The Morgan fingerprint density at radius 1 is 1.12 bits per heavy atom. The van der Waals surface area contributed by atoms with E-state index in [1.165, 1.54) is 0 Å². The van der Waals surface area contributed by atoms with Gasteiger partial charge in [0, 0.05) is 11.3 Å². The van der Waals surface area contributed by atoms with E-state index in [0.29, 0.717) is 24.5 Å². The average Bonchev–Trinajstić information content (AvgIpc) is 3.21. The van der Waals surface area contributed by atoms with E-state index in [0.717, 1.165) is 68.2 Å². The Morgan fingerprint density at radius 3 is 2.35 bits per heavy atom. The highest BCUT2D eigenvalue weighted by molar-refractivity contribution is 5.93. The molecule has 1 atom stereocenters. The number of allylic oxidation sites excluding steroid dienone is 10. The van der Waals surface area contributed by atoms with Gasteiger partial charge in [-0.2, -0.15) is 0 Å². The summed E-state index contributed by atoms with van der Waals surface area (Å²) >= 11 is 0. The normalized spacial score (nSPS) is 23.2. The number of carboxylic acid groups (broad SMARTS) is 1. The third kappa shape index (κ3) is 11.6. The van der Waals surface area contributed by atoms with Crippen molar-refractivity contribution in [1.82, 2.24) is 4.90 Å². The lowest BCUT2D eigenvalue weighted by Gasteiger charge is -2.51. The Balaban J connectivity index is 2.53. The molecule has 0 heterocycles. The molecule has 1 fully saturated rings. The first kappa shape index (κ1) is 36.2. The Morgan fingerprint density at radius 2 is 1.79 bits per heavy atom. The van der Waals surface area contributed by atoms with Crippen LogP contribution in [-0.2, 0) is 9.59 Å². The van der Waals surface area contributed by atoms with Gasteiger partial charge >= 0.3 is 5.97 Å². The van der Waals surface area contributed by atoms with Crippen molar-refractivity contribution in [3.05, 3.63) is 71.4 Å². The lowest BCUT2D eigenvalue weighted by Crippen LogP contribution is -2.57. The molecule has 5 heteroatoms. The van der Waals surface area contributed by atoms with E-state index in [1.54, 1.807) is 6.08 Å². The van der Waals surface area contributed by atoms with Gasteiger partial charge in [0.25, 0.3) is 0 Å². The van der Waals surface area contributed by atoms with Crippen LogP contribution in [0.4, 0.5) is 0 Å². The summed E-state index contributed by atoms with van der Waals surface area (Å²) in [6, 6.07) is -0.134. The topological polar surface area (TPSA) is 70.0 Å². The van der Waals surface area contributed by atoms with Crippen molar-refractivity contribution in [3.63, 3.8) is 0 Å². The van der Waals surface area contributed by atoms with Gasteiger partial charge in [-0.3, -0.25) is 9.79 Å². The molecule has 43 heavy (non-hydrogen) atoms. The number of nitrogens with zero attached hydrogens (tertiary/aromatic N) is 2. The first-order chi connectivity index (χ1) is 20.1. The van der Waals surface area contributed by atoms with Gasteiger partial charge in [0.2, 0.25) is 6.41 Å². The number of hydrogen-bond acceptors (Lipinski definition) is 3. The summed E-state index contributed by atoms with van der Waals surface area (Å²) in [4.78, 5) is 32.0. The molecule has 1 saturated carbocycles. The first-order valence-corrected chi connectivity index (χ1v) is 16.2. The fourth-order valence-electron chi connectivity index (χ4n) is 6.12. The molecule has 5 nitrogen and oxygen atoms in total. The number of hydrogen-bond donors (Lipinski definition) is 1. The van der Waals surface area contributed by atoms with Crippen molar-refractivity contribution in [2.24, 2.45) is 21.7 Å². The molecule has 0 aromatic carbocycles. The monoisotopic (exact) mass is 590 g/mol. The van der Waals surface area contributed by atoms with Gasteiger partial charge in [-0.05, 0) is 93.6 Å². The molecule has 0 saturated heterocycles. The third-order valence-electron chi connectivity index (χ3n) is 9.18. The summed E-state index contributed by atoms with van der Waals surface area (Å²) in [5.74, 6) is -0.303. The molecule has 2 rings (SSSR count). The Kier molecular flexibility index (Phi) is 13.7. The number of rotatable bonds is 13. The van der Waals surface area contributed by atoms with Crippen molar-refractivity contribution in [1.29, 1.82) is 0 Å². The van der Waals surface area contributed by atoms with Gasteiger partial charge in [0.05, 0.1) is 18.1 Å². The second kappa shape index (κ2) is 16.2. The molecule has 0 aromatic rings. The van der Waals surface area contributed by atoms with Crippen LogP contribution in [0.15, 0.2) is 76.4 Å². The lowest BCUT2D eigenvalue weighted by atomic mass is 9.66. The maximum atomic E-state index is 13.2. The summed E-state index contributed by atoms with van der Waals surface area (Å²) in [5.41, 5.74) is 3.39. The maximum absolute atomic E-state index is 13.2. The largest absolute Gasteiger partial charge is 0.478 e. The second-order valence-corrected chi connectivity index (χ2v) is 14.8. The predicted molar refractivity (Wildman–Crippen MR) is 182 cm³/mol. The van der Waals surface area contributed by atoms with E-state index < -0.39 is 11.5 Å². The fraction of sp³-hybridized carbons (Fsp3) is 0.605. The number of carbonyl (C=O) groups is 2. The summed E-state index contributed by atoms with van der Waals surface area (Å²) in [6.45, 7) is 20.1. The zero-order valence-electron chi connectivity index (χ0n) is 28.5. The maximum Gasteiger partial charge on any atom is 0.331 e. The van der Waals surface area contributed by atoms with Gasteiger partial charge in [0.1, 0.15) is 0 Å². The number of aliphatic imine (C=N–C) groups is 1. The summed E-state index contributed by atoms with van der Waals surface area (Å²) < 4.78 is 0. The van der Waals surface area contributed by atoms with Crippen molar-refractivity contribution in [2.75, 3.05) is 6.54 Å². The van der Waals surface area contributed by atoms with Crippen molar-refractivity contribution >= 4 is 18.1 Å². The van der Waals surface area contributed by atoms with Crippen LogP contribution in [0.5, 0.6) is 0 Å². The quantitative estimate of drug-likeness (QED) is 0.101. The van der Waals surface area contributed by atoms with Gasteiger partial charge < -0.3 is 10.0 Å². The molecule has 0 aromatic heterocycles. The lowest BCUT2D eigenvalue weighted by molar-refractivity contribution is -0.133. The van der Waals surface area contributed by atoms with Crippen LogP contribution in [0.2, 0.25) is 0 Å². The standard InChI is InChI=1S/C38H58N2O3/c1-10-32(35(42)43)20-17-29(2)34(23-24-36(4,5)6)40(28-41)38(25-21-33(22-26-38)37(7,8)9)27-39-30(3)18-19-31-15-13-11-12-14-16-31/h11,13-20,28,33-34H,10,12,21-27H2,1-9H3,(H,42,43)/b19-18+,29-17+,32-20+,39-30?. The fourth-order valence-corrected chi connectivity index (χ4v) is 6.12. The first-order valence-electron chi connectivity index (χ1n) is 16.2. The third-order valence-corrected chi connectivity index (χ3v) is 9.18. The van der Waals surface area contributed by atoms with Crippen molar-refractivity contribution in [2.45, 2.75) is 125 Å². The van der Waals surface area contributed by atoms with Crippen LogP contribution >= 0.6 is 0 Å². The van der Waals surface area contributed by atoms with Crippen molar-refractivity contribution in [3.8, 4) is 0 Å². The molecule has 0 radical (unpaired) electrons. The van der Waals surface area contributed by atoms with E-state index >= 15 is 0 Å². The predicted octanol–water partition coefficient (Wildman–Crippen LogP) is 9.44. The number of carboxylic acids is 1. The molecule has 238 valence electrons. The minimum Gasteiger partial charge on any atom is -0.478 e. The van der Waals surface area contributed by atoms with Crippen LogP contribution in [0, 0.1) is 16.7 Å². The van der Waals surface area contributed by atoms with E-state index in [2.05, 4.69) is 89.0 Å². The smallest absolute Gasteiger partial charge is 0.331 e. The zero-order chi connectivity index (χ0) is 32.3. The van der Waals surface area contributed by atoms with Gasteiger partial charge in [-0.1, -0.05) is 103 Å². The Labute approximate surface area is 262 Å². The number of carbonyl (C=O) groups excluding carboxylic acids is 1. The van der Waals surface area contributed by atoms with Crippen LogP contribution < -0.4 is 0 Å². The van der Waals surface area contributed by atoms with E-state index in [1.807, 2.05) is 26.8 Å². The second-order valence-electron chi connectivity index (χ2n) is 14.8. The molecule has 0 spiro atoms. The molecule has 1 N–H and O–H groups in total. The van der Waals surface area contributed by atoms with Gasteiger partial charge in [0.15, 0.2) is 0 Å². The molecular weight excluding hydrogens is 532 g/mol. The van der Waals surface area contributed by atoms with E-state index in [9.17, 15) is 14.7 Å². The van der Waals surface area contributed by atoms with Crippen LogP contribution in [-0.4, -0.2) is 46.2 Å². The summed E-state index contributed by atoms with van der Waals surface area (Å²) in [5, 5.41) is 9.59. The highest BCUT2D eigenvalue weighted by atomic mass is 16.4. The highest BCUT2D eigenvalue weighted by Gasteiger charge is 2.45. The molecule has 0 aliphatic heterocycles. The molecule has 1 amide bonds. The van der Waals surface area contributed by atoms with Crippen LogP contribution in [0.3, 0.4) is 0 Å². The number of aliphatic carboxylic acids is 1. The molecule has 0 bridgehead atoms. The van der Waals surface area contributed by atoms with Gasteiger partial charge in [-0.25, -0.2) is 4.79 Å². The Hall–Kier alpha value is -2.95. The minimum absolute atomic E-state index is 0.103.